The predicted octanol–water partition coefficient (Wildman–Crippen LogP) is 2.15. The highest BCUT2D eigenvalue weighted by atomic mass is 19.1. The molecule has 0 heterocycles. The average molecular weight is 244 g/mol. The molecule has 5 heteroatoms. The van der Waals surface area contributed by atoms with E-state index in [1.54, 1.807) is 11.9 Å². The van der Waals surface area contributed by atoms with E-state index in [9.17, 15) is 8.78 Å². The maximum atomic E-state index is 13.7. The van der Waals surface area contributed by atoms with Gasteiger partial charge in [-0.15, -0.1) is 0 Å². The maximum Gasteiger partial charge on any atom is 0.167 e. The molecule has 0 saturated carbocycles. The third-order valence-electron chi connectivity index (χ3n) is 2.58. The van der Waals surface area contributed by atoms with Crippen LogP contribution in [0.25, 0.3) is 0 Å². The molecule has 0 spiro atoms. The number of unbranched alkanes of at least 4 members (excludes halogenated alkanes) is 1. The van der Waals surface area contributed by atoms with Crippen LogP contribution >= 0.6 is 0 Å². The van der Waals surface area contributed by atoms with Crippen LogP contribution in [0.1, 0.15) is 12.8 Å². The number of hydrogen-bond donors (Lipinski definition) is 1. The molecule has 0 bridgehead atoms. The fraction of sp³-hybridized carbons (Fsp3) is 0.500. The number of hydrogen-bond acceptors (Lipinski definition) is 3. The second kappa shape index (κ2) is 6.39. The smallest absolute Gasteiger partial charge is 0.167 e. The van der Waals surface area contributed by atoms with E-state index in [-0.39, 0.29) is 11.4 Å². The summed E-state index contributed by atoms with van der Waals surface area (Å²) in [5.41, 5.74) is 5.61. The molecule has 1 aromatic rings. The highest BCUT2D eigenvalue weighted by Gasteiger charge is 2.13. The van der Waals surface area contributed by atoms with Crippen molar-refractivity contribution in [2.24, 2.45) is 5.73 Å². The lowest BCUT2D eigenvalue weighted by Crippen LogP contribution is -2.20. The molecule has 0 aromatic heterocycles. The third-order valence-corrected chi connectivity index (χ3v) is 2.58. The standard InChI is InChI=1S/C12H18F2N2O/c1-16(6-4-3-5-15)11-7-10(14)12(17-2)8-9(11)13/h7-8H,3-6,15H2,1-2H3. The van der Waals surface area contributed by atoms with Crippen molar-refractivity contribution in [3.63, 3.8) is 0 Å². The summed E-state index contributed by atoms with van der Waals surface area (Å²) in [6, 6.07) is 2.21. The topological polar surface area (TPSA) is 38.5 Å². The summed E-state index contributed by atoms with van der Waals surface area (Å²) in [5, 5.41) is 0. The zero-order valence-corrected chi connectivity index (χ0v) is 10.2. The van der Waals surface area contributed by atoms with Crippen molar-refractivity contribution >= 4 is 5.69 Å². The van der Waals surface area contributed by atoms with E-state index >= 15 is 0 Å². The zero-order valence-electron chi connectivity index (χ0n) is 10.2. The molecular formula is C12H18F2N2O. The fourth-order valence-corrected chi connectivity index (χ4v) is 1.58. The molecule has 0 aliphatic heterocycles. The average Bonchev–Trinajstić information content (AvgIpc) is 2.31. The number of benzene rings is 1. The third kappa shape index (κ3) is 3.56. The lowest BCUT2D eigenvalue weighted by atomic mass is 10.2. The van der Waals surface area contributed by atoms with Crippen molar-refractivity contribution < 1.29 is 13.5 Å². The molecule has 1 rings (SSSR count). The Kier molecular flexibility index (Phi) is 5.15. The van der Waals surface area contributed by atoms with Gasteiger partial charge < -0.3 is 15.4 Å². The largest absolute Gasteiger partial charge is 0.494 e. The van der Waals surface area contributed by atoms with Gasteiger partial charge in [-0.2, -0.15) is 0 Å². The number of rotatable bonds is 6. The van der Waals surface area contributed by atoms with E-state index in [1.165, 1.54) is 7.11 Å². The summed E-state index contributed by atoms with van der Waals surface area (Å²) in [6.45, 7) is 1.24. The Balaban J connectivity index is 2.79. The second-order valence-electron chi connectivity index (χ2n) is 3.86. The lowest BCUT2D eigenvalue weighted by molar-refractivity contribution is 0.383. The van der Waals surface area contributed by atoms with Crippen molar-refractivity contribution in [1.82, 2.24) is 0 Å². The molecule has 0 amide bonds. The maximum absolute atomic E-state index is 13.7. The van der Waals surface area contributed by atoms with Gasteiger partial charge in [0.05, 0.1) is 12.8 Å². The Morgan fingerprint density at radius 2 is 1.94 bits per heavy atom. The van der Waals surface area contributed by atoms with Gasteiger partial charge in [-0.25, -0.2) is 8.78 Å². The minimum atomic E-state index is -0.561. The second-order valence-corrected chi connectivity index (χ2v) is 3.86. The predicted molar refractivity (Wildman–Crippen MR) is 64.5 cm³/mol. The van der Waals surface area contributed by atoms with Crippen molar-refractivity contribution in [3.8, 4) is 5.75 Å². The van der Waals surface area contributed by atoms with Gasteiger partial charge in [0.2, 0.25) is 0 Å². The van der Waals surface area contributed by atoms with Crippen molar-refractivity contribution in [3.05, 3.63) is 23.8 Å². The lowest BCUT2D eigenvalue weighted by Gasteiger charge is -2.20. The first-order chi connectivity index (χ1) is 8.10. The molecule has 17 heavy (non-hydrogen) atoms. The summed E-state index contributed by atoms with van der Waals surface area (Å²) in [7, 11) is 3.03. The Morgan fingerprint density at radius 1 is 1.24 bits per heavy atom. The van der Waals surface area contributed by atoms with Crippen LogP contribution in [0.15, 0.2) is 12.1 Å². The van der Waals surface area contributed by atoms with Gasteiger partial charge in [0.15, 0.2) is 11.6 Å². The van der Waals surface area contributed by atoms with Crippen molar-refractivity contribution in [2.45, 2.75) is 12.8 Å². The number of halogens is 2. The molecule has 0 radical (unpaired) electrons. The van der Waals surface area contributed by atoms with Gasteiger partial charge >= 0.3 is 0 Å². The first kappa shape index (κ1) is 13.7. The summed E-state index contributed by atoms with van der Waals surface area (Å²) >= 11 is 0. The molecule has 2 N–H and O–H groups in total. The number of methoxy groups -OCH3 is 1. The first-order valence-electron chi connectivity index (χ1n) is 5.54. The van der Waals surface area contributed by atoms with Gasteiger partial charge in [-0.3, -0.25) is 0 Å². The summed E-state index contributed by atoms with van der Waals surface area (Å²) < 4.78 is 31.8. The van der Waals surface area contributed by atoms with Gasteiger partial charge in [0, 0.05) is 25.7 Å². The van der Waals surface area contributed by atoms with Crippen LogP contribution in [0.4, 0.5) is 14.5 Å². The van der Waals surface area contributed by atoms with E-state index in [0.717, 1.165) is 25.0 Å². The number of nitrogens with zero attached hydrogens (tertiary/aromatic N) is 1. The van der Waals surface area contributed by atoms with Crippen LogP contribution in [0.3, 0.4) is 0 Å². The fourth-order valence-electron chi connectivity index (χ4n) is 1.58. The summed E-state index contributed by atoms with van der Waals surface area (Å²) in [4.78, 5) is 1.67. The molecule has 0 unspecified atom stereocenters. The van der Waals surface area contributed by atoms with E-state index in [0.29, 0.717) is 13.1 Å². The Labute approximate surface area is 100 Å². The van der Waals surface area contributed by atoms with Gasteiger partial charge in [0.1, 0.15) is 5.82 Å². The number of anilines is 1. The molecule has 96 valence electrons. The molecule has 0 fully saturated rings. The minimum Gasteiger partial charge on any atom is -0.494 e. The van der Waals surface area contributed by atoms with E-state index in [1.807, 2.05) is 0 Å². The van der Waals surface area contributed by atoms with Crippen LogP contribution in [-0.2, 0) is 0 Å². The van der Waals surface area contributed by atoms with Crippen LogP contribution in [0.2, 0.25) is 0 Å². The van der Waals surface area contributed by atoms with Gasteiger partial charge in [-0.05, 0) is 19.4 Å². The molecule has 1 aromatic carbocycles. The monoisotopic (exact) mass is 244 g/mol. The normalized spacial score (nSPS) is 10.4. The zero-order chi connectivity index (χ0) is 12.8. The van der Waals surface area contributed by atoms with Gasteiger partial charge in [0.25, 0.3) is 0 Å². The van der Waals surface area contributed by atoms with Crippen LogP contribution in [0.5, 0.6) is 5.75 Å². The van der Waals surface area contributed by atoms with E-state index < -0.39 is 11.6 Å². The van der Waals surface area contributed by atoms with Crippen molar-refractivity contribution in [1.29, 1.82) is 0 Å². The van der Waals surface area contributed by atoms with Crippen molar-refractivity contribution in [2.75, 3.05) is 32.1 Å². The highest BCUT2D eigenvalue weighted by Crippen LogP contribution is 2.26. The molecule has 0 saturated heterocycles. The molecule has 3 nitrogen and oxygen atoms in total. The highest BCUT2D eigenvalue weighted by molar-refractivity contribution is 5.50. The van der Waals surface area contributed by atoms with Crippen LogP contribution in [-0.4, -0.2) is 27.2 Å². The minimum absolute atomic E-state index is 0.0818. The molecule has 0 atom stereocenters. The SMILES string of the molecule is COc1cc(F)c(N(C)CCCCN)cc1F. The molecule has 0 aliphatic carbocycles. The van der Waals surface area contributed by atoms with E-state index in [4.69, 9.17) is 10.5 Å². The number of nitrogens with two attached hydrogens (primary N) is 1. The number of ether oxygens (including phenoxy) is 1. The van der Waals surface area contributed by atoms with E-state index in [2.05, 4.69) is 0 Å². The van der Waals surface area contributed by atoms with Crippen LogP contribution < -0.4 is 15.4 Å². The molecule has 0 aliphatic rings. The molecular weight excluding hydrogens is 226 g/mol. The van der Waals surface area contributed by atoms with Gasteiger partial charge in [-0.1, -0.05) is 0 Å². The Bertz CT molecular complexity index is 372. The van der Waals surface area contributed by atoms with Crippen LogP contribution in [0, 0.1) is 11.6 Å². The quantitative estimate of drug-likeness (QED) is 0.779. The summed E-state index contributed by atoms with van der Waals surface area (Å²) in [5.74, 6) is -1.13. The Hall–Kier alpha value is -1.36. The Morgan fingerprint density at radius 3 is 2.53 bits per heavy atom. The first-order valence-corrected chi connectivity index (χ1v) is 5.54. The summed E-state index contributed by atoms with van der Waals surface area (Å²) in [6.07, 6.45) is 1.71.